The minimum atomic E-state index is -0.170. The molecule has 0 saturated heterocycles. The molecule has 0 aliphatic heterocycles. The van der Waals surface area contributed by atoms with Crippen LogP contribution in [0.3, 0.4) is 0 Å². The van der Waals surface area contributed by atoms with Crippen LogP contribution in [-0.2, 0) is 5.75 Å². The van der Waals surface area contributed by atoms with Gasteiger partial charge < -0.3 is 9.84 Å². The normalized spacial score (nSPS) is 12.0. The number of nitrogens with one attached hydrogen (secondary N) is 1. The molecule has 1 aromatic carbocycles. The topological polar surface area (TPSA) is 68.0 Å². The average Bonchev–Trinajstić information content (AvgIpc) is 2.98. The molecule has 3 aromatic rings. The average molecular weight is 402 g/mol. The summed E-state index contributed by atoms with van der Waals surface area (Å²) in [6.45, 7) is 5.72. The summed E-state index contributed by atoms with van der Waals surface area (Å²) in [5, 5.41) is 8.30. The minimum absolute atomic E-state index is 0.170. The number of aryl methyl sites for hydroxylation is 2. The fourth-order valence-corrected chi connectivity index (χ4v) is 4.00. The first-order valence-electron chi connectivity index (χ1n) is 8.51. The zero-order valence-electron chi connectivity index (χ0n) is 15.3. The van der Waals surface area contributed by atoms with Crippen LogP contribution >= 0.6 is 23.4 Å². The van der Waals surface area contributed by atoms with Gasteiger partial charge in [0.2, 0.25) is 0 Å². The zero-order chi connectivity index (χ0) is 19.4. The smallest absolute Gasteiger partial charge is 0.254 e. The van der Waals surface area contributed by atoms with Crippen molar-refractivity contribution in [3.63, 3.8) is 0 Å². The van der Waals surface area contributed by atoms with Gasteiger partial charge in [-0.05, 0) is 50.6 Å². The maximum Gasteiger partial charge on any atom is 0.254 e. The predicted molar refractivity (Wildman–Crippen MR) is 107 cm³/mol. The number of hydrogen-bond donors (Lipinski definition) is 1. The van der Waals surface area contributed by atoms with Gasteiger partial charge >= 0.3 is 0 Å². The number of rotatable bonds is 6. The second kappa shape index (κ2) is 8.59. The number of amides is 1. The van der Waals surface area contributed by atoms with E-state index >= 15 is 0 Å². The Kier molecular flexibility index (Phi) is 6.19. The highest BCUT2D eigenvalue weighted by molar-refractivity contribution is 7.98. The lowest BCUT2D eigenvalue weighted by Gasteiger charge is -2.16. The highest BCUT2D eigenvalue weighted by atomic mass is 35.5. The SMILES string of the molecule is Cc1noc(C)c1CSc1ncccc1C(=O)N[C@@H](C)c1cccc(Cl)c1. The van der Waals surface area contributed by atoms with E-state index in [2.05, 4.69) is 15.5 Å². The number of nitrogens with zero attached hydrogens (tertiary/aromatic N) is 2. The van der Waals surface area contributed by atoms with Crippen molar-refractivity contribution in [1.29, 1.82) is 0 Å². The molecule has 2 aromatic heterocycles. The number of thioether (sulfide) groups is 1. The lowest BCUT2D eigenvalue weighted by Crippen LogP contribution is -2.27. The van der Waals surface area contributed by atoms with Gasteiger partial charge in [0, 0.05) is 22.5 Å². The number of benzene rings is 1. The van der Waals surface area contributed by atoms with Crippen LogP contribution in [0, 0.1) is 13.8 Å². The Bertz CT molecular complexity index is 938. The Morgan fingerprint density at radius 2 is 2.11 bits per heavy atom. The number of hydrogen-bond acceptors (Lipinski definition) is 5. The molecule has 0 saturated carbocycles. The van der Waals surface area contributed by atoms with E-state index in [0.717, 1.165) is 22.6 Å². The lowest BCUT2D eigenvalue weighted by atomic mass is 10.1. The van der Waals surface area contributed by atoms with Crippen molar-refractivity contribution in [3.8, 4) is 0 Å². The van der Waals surface area contributed by atoms with Gasteiger partial charge in [-0.15, -0.1) is 11.8 Å². The van der Waals surface area contributed by atoms with Gasteiger partial charge in [-0.1, -0.05) is 28.9 Å². The van der Waals surface area contributed by atoms with Crippen molar-refractivity contribution in [3.05, 3.63) is 75.8 Å². The summed E-state index contributed by atoms with van der Waals surface area (Å²) >= 11 is 7.54. The van der Waals surface area contributed by atoms with Gasteiger partial charge in [0.15, 0.2) is 0 Å². The van der Waals surface area contributed by atoms with Gasteiger partial charge in [-0.2, -0.15) is 0 Å². The maximum absolute atomic E-state index is 12.8. The Balaban J connectivity index is 1.73. The van der Waals surface area contributed by atoms with Gasteiger partial charge in [0.1, 0.15) is 10.8 Å². The monoisotopic (exact) mass is 401 g/mol. The molecule has 3 rings (SSSR count). The van der Waals surface area contributed by atoms with Crippen molar-refractivity contribution in [1.82, 2.24) is 15.5 Å². The minimum Gasteiger partial charge on any atom is -0.361 e. The molecule has 1 N–H and O–H groups in total. The highest BCUT2D eigenvalue weighted by Crippen LogP contribution is 2.27. The molecule has 0 aliphatic carbocycles. The zero-order valence-corrected chi connectivity index (χ0v) is 16.9. The Morgan fingerprint density at radius 3 is 2.81 bits per heavy atom. The van der Waals surface area contributed by atoms with Crippen LogP contribution in [-0.4, -0.2) is 16.0 Å². The molecule has 7 heteroatoms. The van der Waals surface area contributed by atoms with Crippen LogP contribution in [0.15, 0.2) is 52.1 Å². The van der Waals surface area contributed by atoms with Crippen molar-refractivity contribution in [2.24, 2.45) is 0 Å². The van der Waals surface area contributed by atoms with Crippen LogP contribution in [0.2, 0.25) is 5.02 Å². The van der Waals surface area contributed by atoms with E-state index in [1.165, 1.54) is 11.8 Å². The molecule has 5 nitrogen and oxygen atoms in total. The number of halogens is 1. The van der Waals surface area contributed by atoms with Crippen molar-refractivity contribution < 1.29 is 9.32 Å². The summed E-state index contributed by atoms with van der Waals surface area (Å²) in [4.78, 5) is 17.2. The van der Waals surface area contributed by atoms with Crippen molar-refractivity contribution in [2.75, 3.05) is 0 Å². The molecule has 0 aliphatic rings. The van der Waals surface area contributed by atoms with E-state index < -0.39 is 0 Å². The van der Waals surface area contributed by atoms with Crippen LogP contribution in [0.4, 0.5) is 0 Å². The molecule has 1 amide bonds. The van der Waals surface area contributed by atoms with E-state index in [1.807, 2.05) is 45.0 Å². The van der Waals surface area contributed by atoms with Crippen LogP contribution < -0.4 is 5.32 Å². The third-order valence-corrected chi connectivity index (χ3v) is 5.51. The van der Waals surface area contributed by atoms with E-state index in [1.54, 1.807) is 18.3 Å². The van der Waals surface area contributed by atoms with E-state index in [9.17, 15) is 4.79 Å². The summed E-state index contributed by atoms with van der Waals surface area (Å²) in [7, 11) is 0. The number of pyridine rings is 1. The second-order valence-corrected chi connectivity index (χ2v) is 7.60. The quantitative estimate of drug-likeness (QED) is 0.580. The molecule has 1 atom stereocenters. The van der Waals surface area contributed by atoms with Crippen molar-refractivity contribution >= 4 is 29.3 Å². The Labute approximate surface area is 167 Å². The Hall–Kier alpha value is -2.31. The molecule has 2 heterocycles. The van der Waals surface area contributed by atoms with Gasteiger partial charge in [0.05, 0.1) is 17.3 Å². The number of aromatic nitrogens is 2. The second-order valence-electron chi connectivity index (χ2n) is 6.20. The molecule has 0 spiro atoms. The third-order valence-electron chi connectivity index (χ3n) is 4.25. The fraction of sp³-hybridized carbons (Fsp3) is 0.250. The third kappa shape index (κ3) is 4.70. The lowest BCUT2D eigenvalue weighted by molar-refractivity contribution is 0.0936. The largest absolute Gasteiger partial charge is 0.361 e. The first kappa shape index (κ1) is 19.5. The molecule has 27 heavy (non-hydrogen) atoms. The standard InChI is InChI=1S/C20H20ClN3O2S/c1-12(15-6-4-7-16(21)10-15)23-19(25)17-8-5-9-22-20(17)27-11-18-13(2)24-26-14(18)3/h4-10,12H,11H2,1-3H3,(H,23,25)/t12-/m0/s1. The van der Waals surface area contributed by atoms with Gasteiger partial charge in [-0.25, -0.2) is 4.98 Å². The fourth-order valence-electron chi connectivity index (χ4n) is 2.66. The van der Waals surface area contributed by atoms with E-state index in [4.69, 9.17) is 16.1 Å². The number of carbonyl (C=O) groups is 1. The highest BCUT2D eigenvalue weighted by Gasteiger charge is 2.17. The molecule has 0 fully saturated rings. The molecule has 0 unspecified atom stereocenters. The molecule has 0 bridgehead atoms. The van der Waals surface area contributed by atoms with E-state index in [-0.39, 0.29) is 11.9 Å². The first-order chi connectivity index (χ1) is 13.0. The van der Waals surface area contributed by atoms with Gasteiger partial charge in [0.25, 0.3) is 5.91 Å². The van der Waals surface area contributed by atoms with Gasteiger partial charge in [-0.3, -0.25) is 4.79 Å². The Morgan fingerprint density at radius 1 is 1.30 bits per heavy atom. The van der Waals surface area contributed by atoms with Crippen LogP contribution in [0.25, 0.3) is 0 Å². The maximum atomic E-state index is 12.8. The summed E-state index contributed by atoms with van der Waals surface area (Å²) in [5.41, 5.74) is 3.38. The number of carbonyl (C=O) groups excluding carboxylic acids is 1. The van der Waals surface area contributed by atoms with Crippen LogP contribution in [0.1, 0.15) is 45.9 Å². The first-order valence-corrected chi connectivity index (χ1v) is 9.88. The summed E-state index contributed by atoms with van der Waals surface area (Å²) in [6.07, 6.45) is 1.69. The molecular formula is C20H20ClN3O2S. The molecule has 0 radical (unpaired) electrons. The van der Waals surface area contributed by atoms with E-state index in [0.29, 0.717) is 21.4 Å². The summed E-state index contributed by atoms with van der Waals surface area (Å²) in [6, 6.07) is 10.8. The molecule has 140 valence electrons. The van der Waals surface area contributed by atoms with Crippen LogP contribution in [0.5, 0.6) is 0 Å². The van der Waals surface area contributed by atoms with Crippen molar-refractivity contribution in [2.45, 2.75) is 37.6 Å². The summed E-state index contributed by atoms with van der Waals surface area (Å²) in [5.74, 6) is 1.26. The molecular weight excluding hydrogens is 382 g/mol. The predicted octanol–water partition coefficient (Wildman–Crippen LogP) is 5.12. The summed E-state index contributed by atoms with van der Waals surface area (Å²) < 4.78 is 5.20.